The van der Waals surface area contributed by atoms with Crippen LogP contribution < -0.4 is 5.32 Å². The van der Waals surface area contributed by atoms with E-state index in [1.165, 1.54) is 0 Å². The van der Waals surface area contributed by atoms with E-state index in [0.29, 0.717) is 21.5 Å². The second-order valence-corrected chi connectivity index (χ2v) is 7.56. The first-order chi connectivity index (χ1) is 11.1. The summed E-state index contributed by atoms with van der Waals surface area (Å²) in [4.78, 5) is 13.3. The van der Waals surface area contributed by atoms with Crippen molar-refractivity contribution in [1.82, 2.24) is 5.32 Å². The number of hydrogen-bond acceptors (Lipinski definition) is 3. The number of ether oxygens (including phenoxy) is 1. The molecular formula is C18H23Cl2NO2. The van der Waals surface area contributed by atoms with Crippen LogP contribution in [-0.2, 0) is 4.74 Å². The lowest BCUT2D eigenvalue weighted by atomic mass is 9.67. The molecule has 23 heavy (non-hydrogen) atoms. The fourth-order valence-electron chi connectivity index (χ4n) is 3.88. The molecule has 0 aliphatic carbocycles. The molecule has 0 unspecified atom stereocenters. The highest BCUT2D eigenvalue weighted by molar-refractivity contribution is 6.42. The number of halogens is 2. The molecule has 0 bridgehead atoms. The van der Waals surface area contributed by atoms with Crippen LogP contribution in [0.25, 0.3) is 0 Å². The molecule has 2 fully saturated rings. The van der Waals surface area contributed by atoms with Crippen molar-refractivity contribution < 1.29 is 9.53 Å². The number of carbonyl (C=O) groups excluding carboxylic acids is 1. The van der Waals surface area contributed by atoms with Crippen LogP contribution >= 0.6 is 23.2 Å². The average Bonchev–Trinajstić information content (AvgIpc) is 2.58. The van der Waals surface area contributed by atoms with Crippen molar-refractivity contribution in [2.75, 3.05) is 26.3 Å². The summed E-state index contributed by atoms with van der Waals surface area (Å²) in [5.41, 5.74) is 0.415. The van der Waals surface area contributed by atoms with Gasteiger partial charge in [-0.25, -0.2) is 0 Å². The third kappa shape index (κ3) is 3.90. The van der Waals surface area contributed by atoms with Crippen LogP contribution in [0.1, 0.15) is 42.5 Å². The molecule has 2 heterocycles. The van der Waals surface area contributed by atoms with Gasteiger partial charge in [-0.1, -0.05) is 23.2 Å². The molecular weight excluding hydrogens is 333 g/mol. The lowest BCUT2D eigenvalue weighted by Crippen LogP contribution is -2.44. The summed E-state index contributed by atoms with van der Waals surface area (Å²) in [6.45, 7) is 3.44. The average molecular weight is 356 g/mol. The maximum Gasteiger partial charge on any atom is 0.169 e. The summed E-state index contributed by atoms with van der Waals surface area (Å²) in [7, 11) is 0. The minimum Gasteiger partial charge on any atom is -0.381 e. The molecule has 2 aliphatic rings. The van der Waals surface area contributed by atoms with Crippen LogP contribution in [0, 0.1) is 11.3 Å². The van der Waals surface area contributed by atoms with E-state index >= 15 is 0 Å². The number of rotatable bonds is 4. The van der Waals surface area contributed by atoms with E-state index in [1.54, 1.807) is 12.1 Å². The Morgan fingerprint density at radius 2 is 1.87 bits per heavy atom. The fourth-order valence-corrected chi connectivity index (χ4v) is 4.17. The van der Waals surface area contributed by atoms with E-state index in [4.69, 9.17) is 27.9 Å². The summed E-state index contributed by atoms with van der Waals surface area (Å²) in [5, 5.41) is 4.32. The van der Waals surface area contributed by atoms with Crippen molar-refractivity contribution in [3.05, 3.63) is 33.8 Å². The molecule has 126 valence electrons. The highest BCUT2D eigenvalue weighted by atomic mass is 35.5. The molecule has 1 aromatic rings. The molecule has 2 aliphatic heterocycles. The van der Waals surface area contributed by atoms with Gasteiger partial charge in [-0.15, -0.1) is 0 Å². The standard InChI is InChI=1S/C18H23Cl2NO2/c19-15-2-1-14(11-16(15)20)17(22)18(5-7-21-8-6-18)12-13-3-9-23-10-4-13/h1-2,11,13,21H,3-10,12H2. The largest absolute Gasteiger partial charge is 0.381 e. The van der Waals surface area contributed by atoms with Gasteiger partial charge in [0.05, 0.1) is 10.0 Å². The Kier molecular flexibility index (Phi) is 5.63. The maximum atomic E-state index is 13.3. The van der Waals surface area contributed by atoms with Crippen molar-refractivity contribution in [2.24, 2.45) is 11.3 Å². The zero-order valence-electron chi connectivity index (χ0n) is 13.2. The number of benzene rings is 1. The SMILES string of the molecule is O=C(c1ccc(Cl)c(Cl)c1)C1(CC2CCOCC2)CCNCC1. The molecule has 3 rings (SSSR count). The molecule has 0 aromatic heterocycles. The third-order valence-corrected chi connectivity index (χ3v) is 5.98. The first-order valence-corrected chi connectivity index (χ1v) is 9.15. The number of ketones is 1. The Morgan fingerprint density at radius 3 is 2.52 bits per heavy atom. The van der Waals surface area contributed by atoms with E-state index in [1.807, 2.05) is 6.07 Å². The topological polar surface area (TPSA) is 38.3 Å². The van der Waals surface area contributed by atoms with Crippen molar-refractivity contribution >= 4 is 29.0 Å². The van der Waals surface area contributed by atoms with Gasteiger partial charge in [-0.2, -0.15) is 0 Å². The van der Waals surface area contributed by atoms with Gasteiger partial charge in [-0.05, 0) is 69.3 Å². The molecule has 0 radical (unpaired) electrons. The highest BCUT2D eigenvalue weighted by Gasteiger charge is 2.41. The predicted octanol–water partition coefficient (Wildman–Crippen LogP) is 4.36. The molecule has 1 N–H and O–H groups in total. The number of carbonyl (C=O) groups is 1. The monoisotopic (exact) mass is 355 g/mol. The van der Waals surface area contributed by atoms with E-state index in [0.717, 1.165) is 58.4 Å². The Morgan fingerprint density at radius 1 is 1.17 bits per heavy atom. The fraction of sp³-hybridized carbons (Fsp3) is 0.611. The van der Waals surface area contributed by atoms with Crippen LogP contribution in [0.4, 0.5) is 0 Å². The zero-order chi connectivity index (χ0) is 16.3. The van der Waals surface area contributed by atoms with Crippen LogP contribution in [-0.4, -0.2) is 32.1 Å². The third-order valence-electron chi connectivity index (χ3n) is 5.24. The molecule has 0 atom stereocenters. The van der Waals surface area contributed by atoms with Crippen molar-refractivity contribution in [2.45, 2.75) is 32.1 Å². The van der Waals surface area contributed by atoms with Gasteiger partial charge < -0.3 is 10.1 Å². The lowest BCUT2D eigenvalue weighted by molar-refractivity contribution is 0.0357. The maximum absolute atomic E-state index is 13.3. The molecule has 2 saturated heterocycles. The Balaban J connectivity index is 1.84. The summed E-state index contributed by atoms with van der Waals surface area (Å²) in [5.74, 6) is 0.803. The van der Waals surface area contributed by atoms with E-state index in [9.17, 15) is 4.79 Å². The quantitative estimate of drug-likeness (QED) is 0.815. The number of piperidine rings is 1. The smallest absolute Gasteiger partial charge is 0.169 e. The van der Waals surface area contributed by atoms with Gasteiger partial charge in [0.2, 0.25) is 0 Å². The first kappa shape index (κ1) is 17.2. The Labute approximate surface area is 147 Å². The van der Waals surface area contributed by atoms with Gasteiger partial charge >= 0.3 is 0 Å². The zero-order valence-corrected chi connectivity index (χ0v) is 14.8. The van der Waals surface area contributed by atoms with Crippen LogP contribution in [0.15, 0.2) is 18.2 Å². The second kappa shape index (κ2) is 7.52. The van der Waals surface area contributed by atoms with E-state index in [2.05, 4.69) is 5.32 Å². The Bertz CT molecular complexity index is 564. The molecule has 0 amide bonds. The lowest BCUT2D eigenvalue weighted by Gasteiger charge is -2.40. The molecule has 5 heteroatoms. The minimum atomic E-state index is -0.273. The minimum absolute atomic E-state index is 0.226. The van der Waals surface area contributed by atoms with Gasteiger partial charge in [0, 0.05) is 24.2 Å². The molecule has 0 saturated carbocycles. The summed E-state index contributed by atoms with van der Waals surface area (Å²) in [6, 6.07) is 5.25. The van der Waals surface area contributed by atoms with E-state index in [-0.39, 0.29) is 11.2 Å². The van der Waals surface area contributed by atoms with Gasteiger partial charge in [0.25, 0.3) is 0 Å². The predicted molar refractivity (Wildman–Crippen MR) is 93.5 cm³/mol. The number of Topliss-reactive ketones (excluding diaryl/α,β-unsaturated/α-hetero) is 1. The van der Waals surface area contributed by atoms with Gasteiger partial charge in [0.15, 0.2) is 5.78 Å². The number of nitrogens with one attached hydrogen (secondary N) is 1. The summed E-state index contributed by atoms with van der Waals surface area (Å²) < 4.78 is 5.47. The van der Waals surface area contributed by atoms with Crippen molar-refractivity contribution in [3.8, 4) is 0 Å². The van der Waals surface area contributed by atoms with Crippen LogP contribution in [0.5, 0.6) is 0 Å². The second-order valence-electron chi connectivity index (χ2n) is 6.75. The molecule has 0 spiro atoms. The van der Waals surface area contributed by atoms with Crippen LogP contribution in [0.3, 0.4) is 0 Å². The van der Waals surface area contributed by atoms with Gasteiger partial charge in [-0.3, -0.25) is 4.79 Å². The van der Waals surface area contributed by atoms with Crippen molar-refractivity contribution in [3.63, 3.8) is 0 Å². The molecule has 3 nitrogen and oxygen atoms in total. The number of hydrogen-bond donors (Lipinski definition) is 1. The highest BCUT2D eigenvalue weighted by Crippen LogP contribution is 2.42. The summed E-state index contributed by atoms with van der Waals surface area (Å²) >= 11 is 12.1. The van der Waals surface area contributed by atoms with Gasteiger partial charge in [0.1, 0.15) is 0 Å². The normalized spacial score (nSPS) is 22.0. The van der Waals surface area contributed by atoms with E-state index < -0.39 is 0 Å². The molecule has 1 aromatic carbocycles. The van der Waals surface area contributed by atoms with Crippen molar-refractivity contribution in [1.29, 1.82) is 0 Å². The van der Waals surface area contributed by atoms with Crippen LogP contribution in [0.2, 0.25) is 10.0 Å². The Hall–Kier alpha value is -0.610. The first-order valence-electron chi connectivity index (χ1n) is 8.39. The summed E-state index contributed by atoms with van der Waals surface area (Å²) in [6.07, 6.45) is 4.86.